The van der Waals surface area contributed by atoms with Crippen molar-refractivity contribution >= 4 is 46.2 Å². The van der Waals surface area contributed by atoms with Crippen LogP contribution in [0, 0.1) is 0 Å². The van der Waals surface area contributed by atoms with Crippen molar-refractivity contribution in [1.29, 1.82) is 0 Å². The Labute approximate surface area is 217 Å². The second kappa shape index (κ2) is 10.1. The number of carbonyl (C=O) groups excluding carboxylic acids is 1. The first kappa shape index (κ1) is 24.0. The first-order valence-corrected chi connectivity index (χ1v) is 12.3. The Morgan fingerprint density at radius 3 is 2.36 bits per heavy atom. The molecule has 0 unspecified atom stereocenters. The minimum atomic E-state index is -0.327. The number of nitrogens with zero attached hydrogens (tertiary/aromatic N) is 3. The third-order valence-corrected chi connectivity index (χ3v) is 6.94. The Morgan fingerprint density at radius 1 is 1.06 bits per heavy atom. The fraction of sp³-hybridized carbons (Fsp3) is 0.148. The van der Waals surface area contributed by atoms with Crippen LogP contribution in [0.2, 0.25) is 5.02 Å². The number of hydrogen-bond acceptors (Lipinski definition) is 7. The number of ether oxygens (including phenoxy) is 2. The summed E-state index contributed by atoms with van der Waals surface area (Å²) in [4.78, 5) is 17.5. The van der Waals surface area contributed by atoms with Gasteiger partial charge in [0.05, 0.1) is 30.9 Å². The van der Waals surface area contributed by atoms with Crippen molar-refractivity contribution in [1.82, 2.24) is 5.01 Å². The number of methoxy groups -OCH3 is 2. The SMILES string of the molecule is COc1cc(/C=C2\SC(=O)N=C2N2N=C(c3ccccc3)C[C@@H]2c2ccc(Cl)cc2)cc(OC)c1O. The second-order valence-corrected chi connectivity index (χ2v) is 9.54. The number of amidine groups is 1. The number of rotatable bonds is 5. The topological polar surface area (TPSA) is 83.7 Å². The summed E-state index contributed by atoms with van der Waals surface area (Å²) < 4.78 is 10.6. The molecule has 0 saturated carbocycles. The van der Waals surface area contributed by atoms with Gasteiger partial charge in [0.1, 0.15) is 0 Å². The molecule has 2 aliphatic heterocycles. The molecule has 0 spiro atoms. The average Bonchev–Trinajstić information content (AvgIpc) is 3.49. The van der Waals surface area contributed by atoms with Crippen LogP contribution in [0.3, 0.4) is 0 Å². The first-order valence-electron chi connectivity index (χ1n) is 11.1. The van der Waals surface area contributed by atoms with E-state index in [-0.39, 0.29) is 28.5 Å². The Hall–Kier alpha value is -3.75. The van der Waals surface area contributed by atoms with Crippen LogP contribution in [0.25, 0.3) is 6.08 Å². The highest BCUT2D eigenvalue weighted by Crippen LogP contribution is 2.42. The van der Waals surface area contributed by atoms with Crippen molar-refractivity contribution in [3.8, 4) is 17.2 Å². The van der Waals surface area contributed by atoms with Crippen molar-refractivity contribution in [2.45, 2.75) is 12.5 Å². The molecule has 3 aromatic carbocycles. The predicted octanol–water partition coefficient (Wildman–Crippen LogP) is 6.52. The van der Waals surface area contributed by atoms with Gasteiger partial charge in [-0.3, -0.25) is 4.79 Å². The normalized spacial score (nSPS) is 18.4. The maximum atomic E-state index is 12.5. The van der Waals surface area contributed by atoms with Crippen LogP contribution in [0.4, 0.5) is 4.79 Å². The molecule has 1 atom stereocenters. The lowest BCUT2D eigenvalue weighted by atomic mass is 9.98. The van der Waals surface area contributed by atoms with Crippen molar-refractivity contribution in [2.24, 2.45) is 10.1 Å². The van der Waals surface area contributed by atoms with Gasteiger partial charge in [0, 0.05) is 11.4 Å². The molecule has 0 radical (unpaired) electrons. The van der Waals surface area contributed by atoms with E-state index in [9.17, 15) is 9.90 Å². The number of carbonyl (C=O) groups is 1. The molecule has 3 aromatic rings. The van der Waals surface area contributed by atoms with E-state index in [1.165, 1.54) is 14.2 Å². The maximum absolute atomic E-state index is 12.5. The van der Waals surface area contributed by atoms with E-state index in [1.54, 1.807) is 12.1 Å². The quantitative estimate of drug-likeness (QED) is 0.413. The van der Waals surface area contributed by atoms with Gasteiger partial charge >= 0.3 is 5.24 Å². The minimum Gasteiger partial charge on any atom is -0.502 e. The zero-order valence-corrected chi connectivity index (χ0v) is 21.1. The van der Waals surface area contributed by atoms with Gasteiger partial charge in [-0.25, -0.2) is 5.01 Å². The van der Waals surface area contributed by atoms with Crippen LogP contribution in [-0.4, -0.2) is 41.1 Å². The molecule has 1 N–H and O–H groups in total. The van der Waals surface area contributed by atoms with E-state index in [2.05, 4.69) is 4.99 Å². The van der Waals surface area contributed by atoms with Gasteiger partial charge in [0.15, 0.2) is 17.3 Å². The number of hydrazone groups is 1. The highest BCUT2D eigenvalue weighted by Gasteiger charge is 2.37. The lowest BCUT2D eigenvalue weighted by Crippen LogP contribution is -2.26. The molecule has 0 saturated heterocycles. The number of aromatic hydroxyl groups is 1. The largest absolute Gasteiger partial charge is 0.502 e. The Morgan fingerprint density at radius 2 is 1.72 bits per heavy atom. The van der Waals surface area contributed by atoms with Crippen LogP contribution >= 0.6 is 23.4 Å². The van der Waals surface area contributed by atoms with Crippen LogP contribution < -0.4 is 9.47 Å². The van der Waals surface area contributed by atoms with E-state index in [0.717, 1.165) is 28.6 Å². The fourth-order valence-electron chi connectivity index (χ4n) is 4.17. The Bertz CT molecular complexity index is 1380. The van der Waals surface area contributed by atoms with Crippen molar-refractivity contribution in [3.63, 3.8) is 0 Å². The summed E-state index contributed by atoms with van der Waals surface area (Å²) in [6.45, 7) is 0. The zero-order valence-electron chi connectivity index (χ0n) is 19.5. The summed E-state index contributed by atoms with van der Waals surface area (Å²) in [5.74, 6) is 0.893. The highest BCUT2D eigenvalue weighted by molar-refractivity contribution is 8.18. The van der Waals surface area contributed by atoms with E-state index < -0.39 is 0 Å². The number of benzene rings is 3. The number of phenols is 1. The van der Waals surface area contributed by atoms with Crippen LogP contribution in [0.15, 0.2) is 81.7 Å². The third-order valence-electron chi connectivity index (χ3n) is 5.90. The minimum absolute atomic E-state index is 0.0920. The van der Waals surface area contributed by atoms with Gasteiger partial charge in [-0.1, -0.05) is 54.1 Å². The molecular weight excluding hydrogens is 498 g/mol. The molecule has 182 valence electrons. The standard InChI is InChI=1S/C27H22ClN3O4S/c1-34-22-12-16(13-23(35-2)25(22)32)14-24-26(29-27(33)36-24)31-21(18-8-10-19(28)11-9-18)15-20(30-31)17-6-4-3-5-7-17/h3-14,21,32H,15H2,1-2H3/b24-14-/t21-/m1/s1. The van der Waals surface area contributed by atoms with Gasteiger partial charge in [-0.05, 0) is 58.8 Å². The molecule has 0 fully saturated rings. The lowest BCUT2D eigenvalue weighted by Gasteiger charge is -2.24. The first-order chi connectivity index (χ1) is 17.5. The number of phenolic OH excluding ortho intramolecular Hbond substituents is 1. The van der Waals surface area contributed by atoms with Crippen molar-refractivity contribution in [2.75, 3.05) is 14.2 Å². The summed E-state index contributed by atoms with van der Waals surface area (Å²) in [5.41, 5.74) is 3.60. The van der Waals surface area contributed by atoms with Gasteiger partial charge in [-0.2, -0.15) is 10.1 Å². The second-order valence-electron chi connectivity index (χ2n) is 8.11. The van der Waals surface area contributed by atoms with Gasteiger partial charge in [-0.15, -0.1) is 0 Å². The molecule has 5 rings (SSSR count). The fourth-order valence-corrected chi connectivity index (χ4v) is 5.04. The monoisotopic (exact) mass is 519 g/mol. The van der Waals surface area contributed by atoms with Crippen molar-refractivity contribution < 1.29 is 19.4 Å². The summed E-state index contributed by atoms with van der Waals surface area (Å²) >= 11 is 7.16. The Kier molecular flexibility index (Phi) is 6.71. The number of amides is 1. The molecule has 0 bridgehead atoms. The van der Waals surface area contributed by atoms with E-state index in [1.807, 2.05) is 65.7 Å². The van der Waals surface area contributed by atoms with Crippen LogP contribution in [-0.2, 0) is 0 Å². The molecular formula is C27H22ClN3O4S. The predicted molar refractivity (Wildman–Crippen MR) is 143 cm³/mol. The van der Waals surface area contributed by atoms with Crippen LogP contribution in [0.5, 0.6) is 17.2 Å². The summed E-state index contributed by atoms with van der Waals surface area (Å²) in [7, 11) is 2.93. The lowest BCUT2D eigenvalue weighted by molar-refractivity contribution is 0.267. The van der Waals surface area contributed by atoms with Gasteiger partial charge in [0.2, 0.25) is 5.75 Å². The zero-order chi connectivity index (χ0) is 25.2. The third kappa shape index (κ3) is 4.69. The summed E-state index contributed by atoms with van der Waals surface area (Å²) in [6, 6.07) is 20.7. The molecule has 7 nitrogen and oxygen atoms in total. The molecule has 0 aromatic heterocycles. The molecule has 36 heavy (non-hydrogen) atoms. The molecule has 1 amide bonds. The van der Waals surface area contributed by atoms with Crippen molar-refractivity contribution in [3.05, 3.63) is 93.3 Å². The number of hydrogen-bond donors (Lipinski definition) is 1. The van der Waals surface area contributed by atoms with Crippen LogP contribution in [0.1, 0.15) is 29.2 Å². The summed E-state index contributed by atoms with van der Waals surface area (Å²) in [5, 5.41) is 17.3. The average molecular weight is 520 g/mol. The highest BCUT2D eigenvalue weighted by atomic mass is 35.5. The molecule has 2 heterocycles. The molecule has 2 aliphatic rings. The van der Waals surface area contributed by atoms with E-state index in [0.29, 0.717) is 27.7 Å². The summed E-state index contributed by atoms with van der Waals surface area (Å²) in [6.07, 6.45) is 2.45. The van der Waals surface area contributed by atoms with Gasteiger partial charge in [0.25, 0.3) is 0 Å². The number of aliphatic imine (C=N–C) groups is 1. The number of thioether (sulfide) groups is 1. The molecule has 0 aliphatic carbocycles. The Balaban J connectivity index is 1.58. The number of halogens is 1. The molecule has 9 heteroatoms. The smallest absolute Gasteiger partial charge is 0.311 e. The maximum Gasteiger partial charge on any atom is 0.311 e. The van der Waals surface area contributed by atoms with E-state index >= 15 is 0 Å². The van der Waals surface area contributed by atoms with Gasteiger partial charge < -0.3 is 14.6 Å². The van der Waals surface area contributed by atoms with E-state index in [4.69, 9.17) is 26.2 Å².